The predicted octanol–water partition coefficient (Wildman–Crippen LogP) is 2.95. The molecular formula is C19H20N4O2. The van der Waals surface area contributed by atoms with Crippen molar-refractivity contribution in [2.45, 2.75) is 20.8 Å². The highest BCUT2D eigenvalue weighted by molar-refractivity contribution is 5.97. The smallest absolute Gasteiger partial charge is 0.177 e. The summed E-state index contributed by atoms with van der Waals surface area (Å²) in [4.78, 5) is 18.8. The minimum absolute atomic E-state index is 0.167. The van der Waals surface area contributed by atoms with Gasteiger partial charge in [-0.05, 0) is 51.0 Å². The Hall–Kier alpha value is -3.20. The molecule has 0 fully saturated rings. The summed E-state index contributed by atoms with van der Waals surface area (Å²) < 4.78 is 0. The van der Waals surface area contributed by atoms with E-state index in [-0.39, 0.29) is 6.61 Å². The van der Waals surface area contributed by atoms with Crippen LogP contribution < -0.4 is 0 Å². The molecular weight excluding hydrogens is 316 g/mol. The molecule has 0 amide bonds. The van der Waals surface area contributed by atoms with Crippen molar-refractivity contribution in [1.29, 1.82) is 0 Å². The first-order valence-corrected chi connectivity index (χ1v) is 7.75. The van der Waals surface area contributed by atoms with Crippen molar-refractivity contribution in [3.8, 4) is 11.8 Å². The van der Waals surface area contributed by atoms with Crippen molar-refractivity contribution in [2.24, 2.45) is 10.3 Å². The molecule has 0 aliphatic carbocycles. The molecule has 0 saturated heterocycles. The molecule has 0 aliphatic rings. The first-order chi connectivity index (χ1) is 12.1. The third kappa shape index (κ3) is 5.74. The summed E-state index contributed by atoms with van der Waals surface area (Å²) in [5.74, 6) is 5.82. The monoisotopic (exact) mass is 336 g/mol. The van der Waals surface area contributed by atoms with Gasteiger partial charge in [0.05, 0.1) is 11.4 Å². The van der Waals surface area contributed by atoms with E-state index in [4.69, 9.17) is 9.68 Å². The summed E-state index contributed by atoms with van der Waals surface area (Å²) in [5.41, 5.74) is 4.47. The summed E-state index contributed by atoms with van der Waals surface area (Å²) in [7, 11) is 1.50. The van der Waals surface area contributed by atoms with Crippen LogP contribution in [0.4, 0.5) is 0 Å². The first kappa shape index (κ1) is 18.1. The van der Waals surface area contributed by atoms with E-state index in [0.29, 0.717) is 22.8 Å². The summed E-state index contributed by atoms with van der Waals surface area (Å²) in [6, 6.07) is 11.3. The second-order valence-electron chi connectivity index (χ2n) is 5.18. The maximum Gasteiger partial charge on any atom is 0.177 e. The summed E-state index contributed by atoms with van der Waals surface area (Å²) in [6.45, 7) is 5.77. The van der Waals surface area contributed by atoms with Gasteiger partial charge in [0.2, 0.25) is 0 Å². The fourth-order valence-electron chi connectivity index (χ4n) is 1.97. The Kier molecular flexibility index (Phi) is 6.66. The van der Waals surface area contributed by atoms with Crippen molar-refractivity contribution in [1.82, 2.24) is 9.97 Å². The molecule has 0 bridgehead atoms. The van der Waals surface area contributed by atoms with Gasteiger partial charge < -0.3 is 9.68 Å². The fraction of sp³-hybridized carbons (Fsp3) is 0.263. The van der Waals surface area contributed by atoms with Crippen LogP contribution in [0.25, 0.3) is 0 Å². The zero-order valence-electron chi connectivity index (χ0n) is 14.8. The molecule has 2 aromatic rings. The number of rotatable bonds is 5. The van der Waals surface area contributed by atoms with Gasteiger partial charge in [0, 0.05) is 5.69 Å². The molecule has 25 heavy (non-hydrogen) atoms. The minimum atomic E-state index is 0.167. The Bertz CT molecular complexity index is 848. The molecule has 2 heterocycles. The summed E-state index contributed by atoms with van der Waals surface area (Å²) in [5, 5.41) is 7.89. The molecule has 2 rings (SSSR count). The number of pyridine rings is 2. The molecule has 0 radical (unpaired) electrons. The summed E-state index contributed by atoms with van der Waals surface area (Å²) >= 11 is 0. The van der Waals surface area contributed by atoms with E-state index in [2.05, 4.69) is 32.1 Å². The third-order valence-corrected chi connectivity index (χ3v) is 3.16. The van der Waals surface area contributed by atoms with E-state index in [0.717, 1.165) is 11.4 Å². The Labute approximate surface area is 147 Å². The molecule has 128 valence electrons. The van der Waals surface area contributed by atoms with Gasteiger partial charge >= 0.3 is 0 Å². The maximum atomic E-state index is 5.23. The Morgan fingerprint density at radius 2 is 1.68 bits per heavy atom. The fourth-order valence-corrected chi connectivity index (χ4v) is 1.97. The molecule has 2 aromatic heterocycles. The standard InChI is InChI=1S/C19H20N4O2/c1-14-8-5-11-18(20-14)16(3)23-25-13-7-10-17-9-6-12-19(21-17)15(2)22-24-4/h5-6,8-9,11-12H,13H2,1-4H3/b22-15-,23-16-. The van der Waals surface area contributed by atoms with E-state index in [1.807, 2.05) is 57.2 Å². The van der Waals surface area contributed by atoms with Gasteiger partial charge in [-0.1, -0.05) is 28.4 Å². The van der Waals surface area contributed by atoms with Crippen molar-refractivity contribution in [3.05, 3.63) is 59.2 Å². The van der Waals surface area contributed by atoms with E-state index in [9.17, 15) is 0 Å². The molecule has 0 spiro atoms. The normalized spacial score (nSPS) is 11.5. The molecule has 6 heteroatoms. The van der Waals surface area contributed by atoms with Crippen molar-refractivity contribution in [3.63, 3.8) is 0 Å². The number of oxime groups is 2. The topological polar surface area (TPSA) is 69.0 Å². The van der Waals surface area contributed by atoms with Crippen LogP contribution in [0.1, 0.15) is 36.6 Å². The molecule has 0 atom stereocenters. The lowest BCUT2D eigenvalue weighted by Crippen LogP contribution is -2.01. The van der Waals surface area contributed by atoms with Crippen LogP contribution in [-0.4, -0.2) is 35.1 Å². The SMILES string of the molecule is CO/N=C(/C)c1cccc(C#CCO/N=C(/C)c2cccc(C)n2)n1. The average Bonchev–Trinajstić information content (AvgIpc) is 2.61. The lowest BCUT2D eigenvalue weighted by atomic mass is 10.2. The van der Waals surface area contributed by atoms with Crippen molar-refractivity contribution < 1.29 is 9.68 Å². The van der Waals surface area contributed by atoms with Gasteiger partial charge in [-0.3, -0.25) is 4.98 Å². The zero-order chi connectivity index (χ0) is 18.1. The van der Waals surface area contributed by atoms with Crippen molar-refractivity contribution in [2.75, 3.05) is 13.7 Å². The van der Waals surface area contributed by atoms with Crippen LogP contribution in [0.2, 0.25) is 0 Å². The molecule has 0 N–H and O–H groups in total. The highest BCUT2D eigenvalue weighted by atomic mass is 16.6. The van der Waals surface area contributed by atoms with Gasteiger partial charge in [0.25, 0.3) is 0 Å². The number of hydrogen-bond donors (Lipinski definition) is 0. The third-order valence-electron chi connectivity index (χ3n) is 3.16. The Morgan fingerprint density at radius 3 is 2.40 bits per heavy atom. The highest BCUT2D eigenvalue weighted by Crippen LogP contribution is 2.02. The van der Waals surface area contributed by atoms with Crippen LogP contribution >= 0.6 is 0 Å². The number of nitrogens with zero attached hydrogens (tertiary/aromatic N) is 4. The van der Waals surface area contributed by atoms with Crippen LogP contribution in [0.3, 0.4) is 0 Å². The Morgan fingerprint density at radius 1 is 1.00 bits per heavy atom. The molecule has 0 aliphatic heterocycles. The van der Waals surface area contributed by atoms with Gasteiger partial charge in [0.15, 0.2) is 6.61 Å². The van der Waals surface area contributed by atoms with Gasteiger partial charge in [-0.25, -0.2) is 4.98 Å². The van der Waals surface area contributed by atoms with E-state index >= 15 is 0 Å². The van der Waals surface area contributed by atoms with Crippen LogP contribution in [0, 0.1) is 18.8 Å². The number of aromatic nitrogens is 2. The van der Waals surface area contributed by atoms with E-state index in [1.165, 1.54) is 7.11 Å². The van der Waals surface area contributed by atoms with Crippen LogP contribution in [0.5, 0.6) is 0 Å². The lowest BCUT2D eigenvalue weighted by Gasteiger charge is -2.00. The first-order valence-electron chi connectivity index (χ1n) is 7.75. The van der Waals surface area contributed by atoms with E-state index in [1.54, 1.807) is 0 Å². The number of aryl methyl sites for hydroxylation is 1. The molecule has 6 nitrogen and oxygen atoms in total. The largest absolute Gasteiger partial charge is 0.399 e. The lowest BCUT2D eigenvalue weighted by molar-refractivity contribution is 0.179. The van der Waals surface area contributed by atoms with Crippen LogP contribution in [0.15, 0.2) is 46.7 Å². The average molecular weight is 336 g/mol. The molecule has 0 aromatic carbocycles. The van der Waals surface area contributed by atoms with E-state index < -0.39 is 0 Å². The molecule has 0 unspecified atom stereocenters. The summed E-state index contributed by atoms with van der Waals surface area (Å²) in [6.07, 6.45) is 0. The Balaban J connectivity index is 1.96. The van der Waals surface area contributed by atoms with Gasteiger partial charge in [-0.15, -0.1) is 0 Å². The molecule has 0 saturated carbocycles. The highest BCUT2D eigenvalue weighted by Gasteiger charge is 2.00. The van der Waals surface area contributed by atoms with Gasteiger partial charge in [0.1, 0.15) is 24.2 Å². The maximum absolute atomic E-state index is 5.23. The second kappa shape index (κ2) is 9.18. The van der Waals surface area contributed by atoms with Crippen molar-refractivity contribution >= 4 is 11.4 Å². The predicted molar refractivity (Wildman–Crippen MR) is 97.5 cm³/mol. The van der Waals surface area contributed by atoms with Crippen LogP contribution in [-0.2, 0) is 9.68 Å². The minimum Gasteiger partial charge on any atom is -0.399 e. The van der Waals surface area contributed by atoms with Gasteiger partial charge in [-0.2, -0.15) is 0 Å². The number of hydrogen-bond acceptors (Lipinski definition) is 6. The zero-order valence-corrected chi connectivity index (χ0v) is 14.8. The second-order valence-corrected chi connectivity index (χ2v) is 5.18. The quantitative estimate of drug-likeness (QED) is 0.364.